The van der Waals surface area contributed by atoms with Crippen LogP contribution < -0.4 is 5.32 Å². The highest BCUT2D eigenvalue weighted by Crippen LogP contribution is 2.23. The topological polar surface area (TPSA) is 96.0 Å². The standard InChI is InChI=1S/C24H25N3O5S/c1-26(17-23(28)25-22-11-5-7-18-6-2-3-10-21(18)22)24(29)19-8-4-9-20(16-19)33(30,31)27-12-14-32-15-13-27/h2-11,16H,12-15,17H2,1H3,(H,25,28). The number of fused-ring (bicyclic) bond motifs is 1. The summed E-state index contributed by atoms with van der Waals surface area (Å²) in [5, 5.41) is 4.76. The van der Waals surface area contributed by atoms with Crippen LogP contribution in [0.1, 0.15) is 10.4 Å². The lowest BCUT2D eigenvalue weighted by Crippen LogP contribution is -2.40. The van der Waals surface area contributed by atoms with Crippen LogP contribution in [0.3, 0.4) is 0 Å². The van der Waals surface area contributed by atoms with Crippen LogP contribution in [0.15, 0.2) is 71.6 Å². The zero-order chi connectivity index (χ0) is 23.4. The van der Waals surface area contributed by atoms with Gasteiger partial charge in [0, 0.05) is 36.8 Å². The number of anilines is 1. The van der Waals surface area contributed by atoms with Gasteiger partial charge in [-0.25, -0.2) is 8.42 Å². The third-order valence-electron chi connectivity index (χ3n) is 5.48. The number of hydrogen-bond acceptors (Lipinski definition) is 5. The van der Waals surface area contributed by atoms with E-state index in [2.05, 4.69) is 5.32 Å². The van der Waals surface area contributed by atoms with E-state index >= 15 is 0 Å². The van der Waals surface area contributed by atoms with Gasteiger partial charge in [-0.05, 0) is 29.7 Å². The van der Waals surface area contributed by atoms with Crippen LogP contribution in [0.5, 0.6) is 0 Å². The van der Waals surface area contributed by atoms with Crippen molar-refractivity contribution in [2.75, 3.05) is 45.2 Å². The molecule has 4 rings (SSSR count). The van der Waals surface area contributed by atoms with Gasteiger partial charge in [0.25, 0.3) is 5.91 Å². The Bertz CT molecular complexity index is 1280. The third-order valence-corrected chi connectivity index (χ3v) is 7.37. The van der Waals surface area contributed by atoms with Crippen molar-refractivity contribution >= 4 is 38.3 Å². The van der Waals surface area contributed by atoms with E-state index in [4.69, 9.17) is 4.74 Å². The largest absolute Gasteiger partial charge is 0.379 e. The molecule has 1 aliphatic heterocycles. The molecule has 0 aromatic heterocycles. The van der Waals surface area contributed by atoms with Crippen LogP contribution in [0, 0.1) is 0 Å². The van der Waals surface area contributed by atoms with E-state index in [0.717, 1.165) is 10.8 Å². The number of benzene rings is 3. The molecule has 0 spiro atoms. The third kappa shape index (κ3) is 5.05. The van der Waals surface area contributed by atoms with Gasteiger partial charge in [-0.3, -0.25) is 9.59 Å². The molecule has 0 atom stereocenters. The van der Waals surface area contributed by atoms with Gasteiger partial charge in [-0.1, -0.05) is 42.5 Å². The fourth-order valence-electron chi connectivity index (χ4n) is 3.76. The summed E-state index contributed by atoms with van der Waals surface area (Å²) >= 11 is 0. The molecule has 1 N–H and O–H groups in total. The summed E-state index contributed by atoms with van der Waals surface area (Å²) in [4.78, 5) is 26.8. The van der Waals surface area contributed by atoms with Crippen molar-refractivity contribution in [2.24, 2.45) is 0 Å². The minimum Gasteiger partial charge on any atom is -0.379 e. The maximum atomic E-state index is 12.9. The summed E-state index contributed by atoms with van der Waals surface area (Å²) in [5.74, 6) is -0.790. The van der Waals surface area contributed by atoms with Crippen LogP contribution in [0.2, 0.25) is 0 Å². The summed E-state index contributed by atoms with van der Waals surface area (Å²) in [6, 6.07) is 19.2. The number of carbonyl (C=O) groups is 2. The number of hydrogen-bond donors (Lipinski definition) is 1. The predicted molar refractivity (Wildman–Crippen MR) is 126 cm³/mol. The molecule has 33 heavy (non-hydrogen) atoms. The van der Waals surface area contributed by atoms with Crippen LogP contribution in [0.25, 0.3) is 10.8 Å². The molecule has 9 heteroatoms. The van der Waals surface area contributed by atoms with Crippen molar-refractivity contribution in [1.82, 2.24) is 9.21 Å². The molecule has 0 aliphatic carbocycles. The Morgan fingerprint density at radius 2 is 1.70 bits per heavy atom. The summed E-state index contributed by atoms with van der Waals surface area (Å²) in [6.07, 6.45) is 0. The smallest absolute Gasteiger partial charge is 0.254 e. The second kappa shape index (κ2) is 9.70. The molecule has 8 nitrogen and oxygen atoms in total. The maximum absolute atomic E-state index is 12.9. The molecule has 1 heterocycles. The SMILES string of the molecule is CN(CC(=O)Nc1cccc2ccccc12)C(=O)c1cccc(S(=O)(=O)N2CCOCC2)c1. The Balaban J connectivity index is 1.46. The second-order valence-electron chi connectivity index (χ2n) is 7.78. The molecule has 2 amide bonds. The Kier molecular flexibility index (Phi) is 6.73. The van der Waals surface area contributed by atoms with Gasteiger partial charge in [0.2, 0.25) is 15.9 Å². The van der Waals surface area contributed by atoms with Gasteiger partial charge >= 0.3 is 0 Å². The molecule has 0 saturated carbocycles. The number of sulfonamides is 1. The molecule has 172 valence electrons. The van der Waals surface area contributed by atoms with Crippen LogP contribution in [-0.4, -0.2) is 69.3 Å². The minimum atomic E-state index is -3.72. The van der Waals surface area contributed by atoms with Crippen molar-refractivity contribution in [3.05, 3.63) is 72.3 Å². The van der Waals surface area contributed by atoms with E-state index in [1.165, 1.54) is 34.5 Å². The van der Waals surface area contributed by atoms with Crippen LogP contribution in [-0.2, 0) is 19.6 Å². The Morgan fingerprint density at radius 3 is 2.48 bits per heavy atom. The van der Waals surface area contributed by atoms with E-state index in [-0.39, 0.29) is 36.0 Å². The summed E-state index contributed by atoms with van der Waals surface area (Å²) < 4.78 is 32.4. The predicted octanol–water partition coefficient (Wildman–Crippen LogP) is 2.57. The number of ether oxygens (including phenoxy) is 1. The van der Waals surface area contributed by atoms with E-state index < -0.39 is 15.9 Å². The van der Waals surface area contributed by atoms with Gasteiger partial charge < -0.3 is 15.0 Å². The lowest BCUT2D eigenvalue weighted by atomic mass is 10.1. The van der Waals surface area contributed by atoms with Gasteiger partial charge in [-0.15, -0.1) is 0 Å². The van der Waals surface area contributed by atoms with Crippen LogP contribution >= 0.6 is 0 Å². The Morgan fingerprint density at radius 1 is 1.00 bits per heavy atom. The first kappa shape index (κ1) is 22.9. The average Bonchev–Trinajstić information content (AvgIpc) is 2.84. The quantitative estimate of drug-likeness (QED) is 0.601. The van der Waals surface area contributed by atoms with Crippen molar-refractivity contribution < 1.29 is 22.7 Å². The van der Waals surface area contributed by atoms with E-state index in [1.54, 1.807) is 6.07 Å². The summed E-state index contributed by atoms with van der Waals surface area (Å²) in [7, 11) is -2.22. The van der Waals surface area contributed by atoms with Gasteiger partial charge in [0.1, 0.15) is 0 Å². The van der Waals surface area contributed by atoms with Crippen molar-refractivity contribution in [3.8, 4) is 0 Å². The summed E-state index contributed by atoms with van der Waals surface area (Å²) in [6.45, 7) is 1.05. The van der Waals surface area contributed by atoms with Gasteiger partial charge in [0.15, 0.2) is 0 Å². The van der Waals surface area contributed by atoms with Crippen molar-refractivity contribution in [3.63, 3.8) is 0 Å². The molecular weight excluding hydrogens is 442 g/mol. The first-order valence-electron chi connectivity index (χ1n) is 10.6. The van der Waals surface area contributed by atoms with E-state index in [9.17, 15) is 18.0 Å². The lowest BCUT2D eigenvalue weighted by molar-refractivity contribution is -0.116. The maximum Gasteiger partial charge on any atom is 0.254 e. The highest BCUT2D eigenvalue weighted by atomic mass is 32.2. The van der Waals surface area contributed by atoms with E-state index in [0.29, 0.717) is 18.9 Å². The molecule has 0 unspecified atom stereocenters. The number of nitrogens with one attached hydrogen (secondary N) is 1. The number of carbonyl (C=O) groups excluding carboxylic acids is 2. The van der Waals surface area contributed by atoms with E-state index in [1.807, 2.05) is 42.5 Å². The first-order chi connectivity index (χ1) is 15.9. The molecule has 0 bridgehead atoms. The van der Waals surface area contributed by atoms with Gasteiger partial charge in [-0.2, -0.15) is 4.31 Å². The highest BCUT2D eigenvalue weighted by molar-refractivity contribution is 7.89. The second-order valence-corrected chi connectivity index (χ2v) is 9.72. The highest BCUT2D eigenvalue weighted by Gasteiger charge is 2.27. The zero-order valence-corrected chi connectivity index (χ0v) is 19.0. The molecule has 0 radical (unpaired) electrons. The number of likely N-dealkylation sites (N-methyl/N-ethyl adjacent to an activating group) is 1. The normalized spacial score (nSPS) is 14.7. The van der Waals surface area contributed by atoms with Crippen molar-refractivity contribution in [2.45, 2.75) is 4.90 Å². The number of nitrogens with zero attached hydrogens (tertiary/aromatic N) is 2. The molecule has 1 saturated heterocycles. The molecule has 3 aromatic carbocycles. The Labute approximate surface area is 192 Å². The van der Waals surface area contributed by atoms with Crippen molar-refractivity contribution in [1.29, 1.82) is 0 Å². The monoisotopic (exact) mass is 467 g/mol. The average molecular weight is 468 g/mol. The first-order valence-corrected chi connectivity index (χ1v) is 12.0. The number of morpholine rings is 1. The molecule has 3 aromatic rings. The zero-order valence-electron chi connectivity index (χ0n) is 18.2. The Hall–Kier alpha value is -3.27. The molecule has 1 fully saturated rings. The van der Waals surface area contributed by atoms with Crippen LogP contribution in [0.4, 0.5) is 5.69 Å². The fraction of sp³-hybridized carbons (Fsp3) is 0.250. The molecule has 1 aliphatic rings. The summed E-state index contributed by atoms with van der Waals surface area (Å²) in [5.41, 5.74) is 0.863. The molecular formula is C24H25N3O5S. The fourth-order valence-corrected chi connectivity index (χ4v) is 5.21. The number of rotatable bonds is 6. The lowest BCUT2D eigenvalue weighted by Gasteiger charge is -2.26. The van der Waals surface area contributed by atoms with Gasteiger partial charge in [0.05, 0.1) is 24.7 Å². The minimum absolute atomic E-state index is 0.0452. The number of amides is 2.